The third kappa shape index (κ3) is 4.28. The van der Waals surface area contributed by atoms with Gasteiger partial charge in [0.1, 0.15) is 0 Å². The van der Waals surface area contributed by atoms with E-state index in [0.717, 1.165) is 58.2 Å². The lowest BCUT2D eigenvalue weighted by atomic mass is 9.68. The molecular formula is C27H42N4O3. The zero-order chi connectivity index (χ0) is 23.9. The van der Waals surface area contributed by atoms with Gasteiger partial charge in [0, 0.05) is 44.1 Å². The molecule has 3 saturated heterocycles. The molecule has 188 valence electrons. The van der Waals surface area contributed by atoms with E-state index in [-0.39, 0.29) is 25.0 Å². The van der Waals surface area contributed by atoms with Crippen molar-refractivity contribution in [2.45, 2.75) is 95.4 Å². The Kier molecular flexibility index (Phi) is 6.49. The van der Waals surface area contributed by atoms with Gasteiger partial charge in [-0.2, -0.15) is 0 Å². The molecule has 1 aromatic rings. The second-order valence-corrected chi connectivity index (χ2v) is 11.1. The van der Waals surface area contributed by atoms with Crippen LogP contribution in [-0.2, 0) is 16.7 Å². The minimum absolute atomic E-state index is 0. The first-order valence-corrected chi connectivity index (χ1v) is 13.2. The van der Waals surface area contributed by atoms with Crippen LogP contribution >= 0.6 is 0 Å². The molecule has 0 saturated carbocycles. The largest absolute Gasteiger partial charge is 0.450 e. The van der Waals surface area contributed by atoms with Crippen LogP contribution in [0.4, 0.5) is 9.59 Å². The summed E-state index contributed by atoms with van der Waals surface area (Å²) in [6, 6.07) is 10.1. The first-order valence-electron chi connectivity index (χ1n) is 13.2. The number of piperidine rings is 2. The van der Waals surface area contributed by atoms with E-state index < -0.39 is 0 Å². The second-order valence-electron chi connectivity index (χ2n) is 11.1. The normalized spacial score (nSPS) is 28.2. The first-order chi connectivity index (χ1) is 16.4. The SMILES string of the molecule is CCOC(=O)N1C2CCC1CC(N1CCC3(CC1)CN(C(=O)NC(C)C)Cc1ccccc13)C2.[HH]. The Morgan fingerprint density at radius 2 is 1.79 bits per heavy atom. The van der Waals surface area contributed by atoms with E-state index in [1.54, 1.807) is 0 Å². The molecule has 4 aliphatic heterocycles. The maximum absolute atomic E-state index is 12.9. The zero-order valence-electron chi connectivity index (χ0n) is 21.0. The average molecular weight is 471 g/mol. The Balaban J connectivity index is 0.00000289. The van der Waals surface area contributed by atoms with Crippen molar-refractivity contribution in [2.75, 3.05) is 26.2 Å². The molecule has 3 amide bonds. The van der Waals surface area contributed by atoms with Gasteiger partial charge in [-0.05, 0) is 83.5 Å². The lowest BCUT2D eigenvalue weighted by Crippen LogP contribution is -2.58. The molecule has 1 aromatic carbocycles. The number of fused-ring (bicyclic) bond motifs is 4. The van der Waals surface area contributed by atoms with Crippen molar-refractivity contribution in [1.29, 1.82) is 0 Å². The molecule has 3 fully saturated rings. The number of benzene rings is 1. The third-order valence-electron chi connectivity index (χ3n) is 8.60. The van der Waals surface area contributed by atoms with Gasteiger partial charge in [-0.25, -0.2) is 9.59 Å². The maximum Gasteiger partial charge on any atom is 0.410 e. The number of carbonyl (C=O) groups excluding carboxylic acids is 2. The summed E-state index contributed by atoms with van der Waals surface area (Å²) >= 11 is 0. The van der Waals surface area contributed by atoms with Crippen molar-refractivity contribution in [3.63, 3.8) is 0 Å². The molecule has 1 spiro atoms. The van der Waals surface area contributed by atoms with Crippen molar-refractivity contribution < 1.29 is 15.8 Å². The van der Waals surface area contributed by atoms with Crippen molar-refractivity contribution in [3.8, 4) is 0 Å². The van der Waals surface area contributed by atoms with Gasteiger partial charge in [0.25, 0.3) is 0 Å². The summed E-state index contributed by atoms with van der Waals surface area (Å²) < 4.78 is 5.34. The summed E-state index contributed by atoms with van der Waals surface area (Å²) in [5.74, 6) is 0. The fraction of sp³-hybridized carbons (Fsp3) is 0.704. The predicted molar refractivity (Wildman–Crippen MR) is 134 cm³/mol. The van der Waals surface area contributed by atoms with E-state index in [9.17, 15) is 9.59 Å². The van der Waals surface area contributed by atoms with Crippen molar-refractivity contribution >= 4 is 12.1 Å². The highest BCUT2D eigenvalue weighted by Crippen LogP contribution is 2.44. The molecule has 2 bridgehead atoms. The Hall–Kier alpha value is -2.28. The number of nitrogens with zero attached hydrogens (tertiary/aromatic N) is 3. The summed E-state index contributed by atoms with van der Waals surface area (Å²) in [4.78, 5) is 32.1. The second kappa shape index (κ2) is 9.40. The fourth-order valence-corrected chi connectivity index (χ4v) is 7.06. The van der Waals surface area contributed by atoms with Crippen LogP contribution in [-0.4, -0.2) is 77.2 Å². The first kappa shape index (κ1) is 23.5. The van der Waals surface area contributed by atoms with E-state index in [1.165, 1.54) is 11.1 Å². The van der Waals surface area contributed by atoms with Crippen LogP contribution in [0.5, 0.6) is 0 Å². The average Bonchev–Trinajstić information content (AvgIpc) is 3.09. The molecule has 0 radical (unpaired) electrons. The van der Waals surface area contributed by atoms with Crippen molar-refractivity contribution in [3.05, 3.63) is 35.4 Å². The molecule has 5 rings (SSSR count). The number of rotatable bonds is 3. The van der Waals surface area contributed by atoms with Gasteiger partial charge in [0.2, 0.25) is 0 Å². The van der Waals surface area contributed by atoms with Gasteiger partial charge in [0.05, 0.1) is 6.61 Å². The van der Waals surface area contributed by atoms with Crippen LogP contribution in [0.3, 0.4) is 0 Å². The molecule has 0 aliphatic carbocycles. The summed E-state index contributed by atoms with van der Waals surface area (Å²) in [5.41, 5.74) is 2.77. The summed E-state index contributed by atoms with van der Waals surface area (Å²) in [5, 5.41) is 3.10. The quantitative estimate of drug-likeness (QED) is 0.713. The number of hydrogen-bond acceptors (Lipinski definition) is 4. The van der Waals surface area contributed by atoms with Gasteiger partial charge in [0.15, 0.2) is 0 Å². The molecule has 7 heteroatoms. The molecule has 2 unspecified atom stereocenters. The van der Waals surface area contributed by atoms with Crippen LogP contribution < -0.4 is 5.32 Å². The standard InChI is InChI=1S/C27H40N4O3.H2/c1-4-34-26(33)31-21-9-10-22(31)16-23(15-21)29-13-11-27(12-14-29)18-30(25(32)28-19(2)3)17-20-7-5-6-8-24(20)27;/h5-8,19,21-23H,4,9-18H2,1-3H3,(H,28,32);1H. The van der Waals surface area contributed by atoms with Gasteiger partial charge >= 0.3 is 12.1 Å². The predicted octanol–water partition coefficient (Wildman–Crippen LogP) is 4.35. The number of nitrogens with one attached hydrogen (secondary N) is 1. The topological polar surface area (TPSA) is 65.1 Å². The number of carbonyl (C=O) groups is 2. The van der Waals surface area contributed by atoms with Crippen molar-refractivity contribution in [2.24, 2.45) is 0 Å². The number of amides is 3. The Morgan fingerprint density at radius 3 is 2.44 bits per heavy atom. The highest BCUT2D eigenvalue weighted by Gasteiger charge is 2.48. The van der Waals surface area contributed by atoms with E-state index in [0.29, 0.717) is 31.3 Å². The minimum atomic E-state index is -0.121. The van der Waals surface area contributed by atoms with Crippen LogP contribution in [0.2, 0.25) is 0 Å². The van der Waals surface area contributed by atoms with E-state index >= 15 is 0 Å². The summed E-state index contributed by atoms with van der Waals surface area (Å²) in [6.45, 7) is 9.95. The zero-order valence-corrected chi connectivity index (χ0v) is 21.0. The Labute approximate surface area is 205 Å². The smallest absolute Gasteiger partial charge is 0.410 e. The number of hydrogen-bond donors (Lipinski definition) is 1. The van der Waals surface area contributed by atoms with Crippen LogP contribution in [0.25, 0.3) is 0 Å². The molecule has 7 nitrogen and oxygen atoms in total. The van der Waals surface area contributed by atoms with Crippen LogP contribution in [0.1, 0.15) is 71.8 Å². The van der Waals surface area contributed by atoms with Crippen molar-refractivity contribution in [1.82, 2.24) is 20.0 Å². The summed E-state index contributed by atoms with van der Waals surface area (Å²) in [7, 11) is 0. The van der Waals surface area contributed by atoms with Crippen LogP contribution in [0, 0.1) is 0 Å². The summed E-state index contributed by atoms with van der Waals surface area (Å²) in [6.07, 6.45) is 6.34. The molecule has 4 aliphatic rings. The highest BCUT2D eigenvalue weighted by molar-refractivity contribution is 5.75. The Bertz CT molecular complexity index is 903. The number of urea groups is 1. The lowest BCUT2D eigenvalue weighted by Gasteiger charge is -2.51. The minimum Gasteiger partial charge on any atom is -0.450 e. The highest BCUT2D eigenvalue weighted by atomic mass is 16.6. The molecule has 1 N–H and O–H groups in total. The van der Waals surface area contributed by atoms with E-state index in [1.807, 2.05) is 30.6 Å². The Morgan fingerprint density at radius 1 is 1.12 bits per heavy atom. The monoisotopic (exact) mass is 470 g/mol. The maximum atomic E-state index is 12.9. The molecule has 34 heavy (non-hydrogen) atoms. The third-order valence-corrected chi connectivity index (χ3v) is 8.60. The molecular weight excluding hydrogens is 428 g/mol. The number of likely N-dealkylation sites (tertiary alicyclic amines) is 1. The fourth-order valence-electron chi connectivity index (χ4n) is 7.06. The van der Waals surface area contributed by atoms with Gasteiger partial charge in [-0.15, -0.1) is 0 Å². The van der Waals surface area contributed by atoms with Gasteiger partial charge < -0.3 is 24.8 Å². The van der Waals surface area contributed by atoms with E-state index in [2.05, 4.69) is 34.5 Å². The molecule has 4 heterocycles. The lowest BCUT2D eigenvalue weighted by molar-refractivity contribution is 0.0219. The molecule has 2 atom stereocenters. The molecule has 0 aromatic heterocycles. The van der Waals surface area contributed by atoms with Gasteiger partial charge in [-0.1, -0.05) is 24.3 Å². The van der Waals surface area contributed by atoms with Gasteiger partial charge in [-0.3, -0.25) is 0 Å². The van der Waals surface area contributed by atoms with E-state index in [4.69, 9.17) is 4.74 Å². The number of ether oxygens (including phenoxy) is 1. The van der Waals surface area contributed by atoms with Crippen LogP contribution in [0.15, 0.2) is 24.3 Å².